The summed E-state index contributed by atoms with van der Waals surface area (Å²) in [5, 5.41) is 8.46. The van der Waals surface area contributed by atoms with Gasteiger partial charge in [0.15, 0.2) is 0 Å². The molecule has 0 aliphatic heterocycles. The van der Waals surface area contributed by atoms with Gasteiger partial charge in [0, 0.05) is 40.4 Å². The summed E-state index contributed by atoms with van der Waals surface area (Å²) in [6.45, 7) is 1.94. The second kappa shape index (κ2) is 8.74. The van der Waals surface area contributed by atoms with Crippen LogP contribution in [0, 0.1) is 6.92 Å². The molecule has 10 heteroatoms. The molecule has 2 aromatic carbocycles. The molecule has 0 aliphatic rings. The largest absolute Gasteiger partial charge is 0.336 e. The quantitative estimate of drug-likeness (QED) is 0.308. The highest BCUT2D eigenvalue weighted by Crippen LogP contribution is 2.29. The van der Waals surface area contributed by atoms with Crippen molar-refractivity contribution in [3.05, 3.63) is 81.9 Å². The van der Waals surface area contributed by atoms with E-state index in [-0.39, 0.29) is 22.5 Å². The van der Waals surface area contributed by atoms with E-state index >= 15 is 0 Å². The molecule has 0 bridgehead atoms. The van der Waals surface area contributed by atoms with E-state index in [9.17, 15) is 18.0 Å². The van der Waals surface area contributed by atoms with Crippen molar-refractivity contribution in [2.45, 2.75) is 19.6 Å². The van der Waals surface area contributed by atoms with Gasteiger partial charge in [-0.1, -0.05) is 23.7 Å². The monoisotopic (exact) mass is 497 g/mol. The molecule has 0 radical (unpaired) electrons. The second-order valence-electron chi connectivity index (χ2n) is 8.11. The van der Waals surface area contributed by atoms with Crippen LogP contribution in [-0.4, -0.2) is 32.1 Å². The lowest BCUT2D eigenvalue weighted by atomic mass is 10.0. The molecular weight excluding hydrogens is 479 g/mol. The third-order valence-electron chi connectivity index (χ3n) is 5.90. The molecular formula is C25H19ClF3N5O. The van der Waals surface area contributed by atoms with Crippen LogP contribution in [-0.2, 0) is 7.05 Å². The van der Waals surface area contributed by atoms with E-state index < -0.39 is 12.7 Å². The first-order valence-corrected chi connectivity index (χ1v) is 11.1. The van der Waals surface area contributed by atoms with Crippen molar-refractivity contribution in [1.82, 2.24) is 19.3 Å². The van der Waals surface area contributed by atoms with Crippen molar-refractivity contribution in [2.24, 2.45) is 7.05 Å². The number of nitrogens with one attached hydrogen (secondary N) is 1. The molecule has 0 fully saturated rings. The second-order valence-corrected chi connectivity index (χ2v) is 8.55. The molecule has 3 heterocycles. The molecule has 1 unspecified atom stereocenters. The Balaban J connectivity index is 1.76. The number of rotatable bonds is 5. The topological polar surface area (TPSA) is 64.7 Å². The minimum Gasteiger partial charge on any atom is -0.336 e. The zero-order valence-electron chi connectivity index (χ0n) is 18.6. The van der Waals surface area contributed by atoms with E-state index in [4.69, 9.17) is 11.6 Å². The van der Waals surface area contributed by atoms with Gasteiger partial charge in [-0.3, -0.25) is 14.0 Å². The number of hydrogen-bond donors (Lipinski definition) is 1. The smallest absolute Gasteiger partial charge is 0.287 e. The van der Waals surface area contributed by atoms with Crippen LogP contribution in [0.2, 0.25) is 5.02 Å². The van der Waals surface area contributed by atoms with E-state index in [0.717, 1.165) is 16.6 Å². The number of fused-ring (bicyclic) bond motifs is 2. The van der Waals surface area contributed by atoms with Crippen molar-refractivity contribution >= 4 is 39.2 Å². The normalized spacial score (nSPS) is 12.5. The number of pyridine rings is 2. The van der Waals surface area contributed by atoms with Gasteiger partial charge < -0.3 is 5.32 Å². The number of aryl methyl sites for hydroxylation is 2. The van der Waals surface area contributed by atoms with Crippen molar-refractivity contribution < 1.29 is 13.2 Å². The standard InChI is InChI=1S/C25H19ClF3N5O/c1-13-18-11-17(8-9-19(18)32-33(13)2)34-12-15-5-10-20(31-24(29)23(27)28)30-22(15)21(25(34)35)14-3-6-16(26)7-4-14/h3-12,23-24H,1-2H3,(H,30,31). The van der Waals surface area contributed by atoms with Crippen LogP contribution in [0.3, 0.4) is 0 Å². The fraction of sp³-hybridized carbons (Fsp3) is 0.160. The maximum absolute atomic E-state index is 13.8. The van der Waals surface area contributed by atoms with Gasteiger partial charge in [0.25, 0.3) is 12.0 Å². The molecule has 1 N–H and O–H groups in total. The van der Waals surface area contributed by atoms with Crippen LogP contribution in [0.5, 0.6) is 0 Å². The van der Waals surface area contributed by atoms with E-state index in [1.165, 1.54) is 10.6 Å². The number of aromatic nitrogens is 4. The average molecular weight is 498 g/mol. The Hall–Kier alpha value is -3.85. The SMILES string of the molecule is Cc1c2cc(-n3cc4ccc(NC(F)C(F)F)nc4c(-c4ccc(Cl)cc4)c3=O)ccc2nn1C. The summed E-state index contributed by atoms with van der Waals surface area (Å²) in [4.78, 5) is 18.1. The van der Waals surface area contributed by atoms with Gasteiger partial charge in [-0.05, 0) is 55.0 Å². The summed E-state index contributed by atoms with van der Waals surface area (Å²) in [5.41, 5.74) is 3.02. The predicted molar refractivity (Wildman–Crippen MR) is 131 cm³/mol. The number of anilines is 1. The fourth-order valence-corrected chi connectivity index (χ4v) is 4.13. The fourth-order valence-electron chi connectivity index (χ4n) is 4.01. The van der Waals surface area contributed by atoms with Crippen LogP contribution < -0.4 is 10.9 Å². The highest BCUT2D eigenvalue weighted by atomic mass is 35.5. The first kappa shape index (κ1) is 22.9. The van der Waals surface area contributed by atoms with E-state index in [2.05, 4.69) is 10.1 Å². The van der Waals surface area contributed by atoms with Crippen molar-refractivity contribution in [3.8, 4) is 16.8 Å². The van der Waals surface area contributed by atoms with Crippen molar-refractivity contribution in [2.75, 3.05) is 5.32 Å². The molecule has 35 heavy (non-hydrogen) atoms. The van der Waals surface area contributed by atoms with Crippen LogP contribution in [0.1, 0.15) is 5.69 Å². The minimum atomic E-state index is -3.22. The summed E-state index contributed by atoms with van der Waals surface area (Å²) in [6.07, 6.45) is -4.18. The van der Waals surface area contributed by atoms with Crippen molar-refractivity contribution in [1.29, 1.82) is 0 Å². The summed E-state index contributed by atoms with van der Waals surface area (Å²) in [5.74, 6) is -0.106. The highest BCUT2D eigenvalue weighted by Gasteiger charge is 2.21. The Labute approximate surface area is 202 Å². The van der Waals surface area contributed by atoms with Crippen LogP contribution >= 0.6 is 11.6 Å². The molecule has 5 aromatic rings. The van der Waals surface area contributed by atoms with Crippen LogP contribution in [0.25, 0.3) is 38.6 Å². The van der Waals surface area contributed by atoms with E-state index in [1.54, 1.807) is 47.3 Å². The van der Waals surface area contributed by atoms with Crippen LogP contribution in [0.15, 0.2) is 65.6 Å². The van der Waals surface area contributed by atoms with Gasteiger partial charge in [-0.15, -0.1) is 0 Å². The molecule has 0 spiro atoms. The average Bonchev–Trinajstić information content (AvgIpc) is 3.12. The lowest BCUT2D eigenvalue weighted by molar-refractivity contribution is 0.0649. The Morgan fingerprint density at radius 1 is 1.03 bits per heavy atom. The van der Waals surface area contributed by atoms with E-state index in [1.807, 2.05) is 31.4 Å². The van der Waals surface area contributed by atoms with Gasteiger partial charge in [0.2, 0.25) is 6.30 Å². The molecule has 0 amide bonds. The number of hydrogen-bond acceptors (Lipinski definition) is 4. The van der Waals surface area contributed by atoms with Gasteiger partial charge in [0.05, 0.1) is 16.6 Å². The molecule has 1 atom stereocenters. The molecule has 3 aromatic heterocycles. The molecule has 5 rings (SSSR count). The highest BCUT2D eigenvalue weighted by molar-refractivity contribution is 6.30. The molecule has 0 aliphatic carbocycles. The Bertz CT molecular complexity index is 1630. The zero-order chi connectivity index (χ0) is 24.9. The lowest BCUT2D eigenvalue weighted by Crippen LogP contribution is -2.23. The summed E-state index contributed by atoms with van der Waals surface area (Å²) in [6, 6.07) is 15.2. The summed E-state index contributed by atoms with van der Waals surface area (Å²) >= 11 is 6.04. The van der Waals surface area contributed by atoms with Crippen molar-refractivity contribution in [3.63, 3.8) is 0 Å². The van der Waals surface area contributed by atoms with Gasteiger partial charge in [-0.2, -0.15) is 5.10 Å². The Morgan fingerprint density at radius 2 is 1.77 bits per heavy atom. The van der Waals surface area contributed by atoms with Gasteiger partial charge in [-0.25, -0.2) is 18.2 Å². The van der Waals surface area contributed by atoms with Gasteiger partial charge >= 0.3 is 0 Å². The molecule has 0 saturated heterocycles. The number of nitrogens with zero attached hydrogens (tertiary/aromatic N) is 4. The number of benzene rings is 2. The first-order chi connectivity index (χ1) is 16.7. The summed E-state index contributed by atoms with van der Waals surface area (Å²) in [7, 11) is 1.85. The zero-order valence-corrected chi connectivity index (χ0v) is 19.4. The molecule has 178 valence electrons. The maximum Gasteiger partial charge on any atom is 0.287 e. The lowest BCUT2D eigenvalue weighted by Gasteiger charge is -2.15. The predicted octanol–water partition coefficient (Wildman–Crippen LogP) is 5.87. The Morgan fingerprint density at radius 3 is 2.49 bits per heavy atom. The number of halogens is 4. The summed E-state index contributed by atoms with van der Waals surface area (Å²) < 4.78 is 42.3. The van der Waals surface area contributed by atoms with E-state index in [0.29, 0.717) is 21.7 Å². The minimum absolute atomic E-state index is 0.106. The number of alkyl halides is 3. The van der Waals surface area contributed by atoms with Gasteiger partial charge in [0.1, 0.15) is 5.82 Å². The van der Waals surface area contributed by atoms with Crippen LogP contribution in [0.4, 0.5) is 19.0 Å². The molecule has 0 saturated carbocycles. The Kier molecular flexibility index (Phi) is 5.72. The molecule has 6 nitrogen and oxygen atoms in total. The third-order valence-corrected chi connectivity index (χ3v) is 6.15. The first-order valence-electron chi connectivity index (χ1n) is 10.7. The third kappa shape index (κ3) is 4.12. The maximum atomic E-state index is 13.8.